The standard InChI is InChI=1S/C14H18O3/c1-11(8-9-17-12(2)15)10-14(16)13-6-4-3-5-7-13/h3-7,11H,8-10H2,1-2H3. The van der Waals surface area contributed by atoms with Gasteiger partial charge in [-0.25, -0.2) is 0 Å². The molecule has 0 bridgehead atoms. The fraction of sp³-hybridized carbons (Fsp3) is 0.429. The molecule has 3 heteroatoms. The maximum atomic E-state index is 11.8. The fourth-order valence-electron chi connectivity index (χ4n) is 1.56. The summed E-state index contributed by atoms with van der Waals surface area (Å²) in [6.07, 6.45) is 1.21. The highest BCUT2D eigenvalue weighted by molar-refractivity contribution is 5.96. The molecule has 1 aromatic carbocycles. The summed E-state index contributed by atoms with van der Waals surface area (Å²) >= 11 is 0. The highest BCUT2D eigenvalue weighted by Gasteiger charge is 2.11. The van der Waals surface area contributed by atoms with E-state index in [0.717, 1.165) is 12.0 Å². The van der Waals surface area contributed by atoms with Crippen LogP contribution in [0.15, 0.2) is 30.3 Å². The molecule has 1 aromatic rings. The number of benzene rings is 1. The van der Waals surface area contributed by atoms with Gasteiger partial charge in [-0.1, -0.05) is 37.3 Å². The number of ether oxygens (including phenoxy) is 1. The summed E-state index contributed by atoms with van der Waals surface area (Å²) in [6.45, 7) is 3.77. The van der Waals surface area contributed by atoms with Crippen molar-refractivity contribution >= 4 is 11.8 Å². The van der Waals surface area contributed by atoms with Crippen molar-refractivity contribution in [2.24, 2.45) is 5.92 Å². The van der Waals surface area contributed by atoms with Crippen LogP contribution in [0, 0.1) is 5.92 Å². The van der Waals surface area contributed by atoms with E-state index in [9.17, 15) is 9.59 Å². The lowest BCUT2D eigenvalue weighted by Crippen LogP contribution is -2.10. The third-order valence-corrected chi connectivity index (χ3v) is 2.55. The van der Waals surface area contributed by atoms with E-state index in [0.29, 0.717) is 13.0 Å². The number of Topliss-reactive ketones (excluding diaryl/α,β-unsaturated/α-hetero) is 1. The second kappa shape index (κ2) is 6.84. The number of carbonyl (C=O) groups excluding carboxylic acids is 2. The normalized spacial score (nSPS) is 11.9. The van der Waals surface area contributed by atoms with Crippen molar-refractivity contribution < 1.29 is 14.3 Å². The Morgan fingerprint density at radius 3 is 2.47 bits per heavy atom. The van der Waals surface area contributed by atoms with E-state index in [4.69, 9.17) is 4.74 Å². The minimum absolute atomic E-state index is 0.140. The molecule has 0 radical (unpaired) electrons. The third kappa shape index (κ3) is 5.29. The van der Waals surface area contributed by atoms with Gasteiger partial charge in [0.05, 0.1) is 6.61 Å². The van der Waals surface area contributed by atoms with E-state index in [1.54, 1.807) is 0 Å². The van der Waals surface area contributed by atoms with Crippen molar-refractivity contribution in [2.45, 2.75) is 26.7 Å². The van der Waals surface area contributed by atoms with Crippen LogP contribution >= 0.6 is 0 Å². The highest BCUT2D eigenvalue weighted by Crippen LogP contribution is 2.12. The van der Waals surface area contributed by atoms with E-state index in [1.807, 2.05) is 37.3 Å². The molecule has 1 rings (SSSR count). The fourth-order valence-corrected chi connectivity index (χ4v) is 1.56. The molecule has 0 saturated carbocycles. The Morgan fingerprint density at radius 2 is 1.88 bits per heavy atom. The lowest BCUT2D eigenvalue weighted by molar-refractivity contribution is -0.141. The van der Waals surface area contributed by atoms with Gasteiger partial charge >= 0.3 is 5.97 Å². The number of carbonyl (C=O) groups is 2. The minimum atomic E-state index is -0.272. The number of hydrogen-bond acceptors (Lipinski definition) is 3. The van der Waals surface area contributed by atoms with Crippen LogP contribution in [-0.4, -0.2) is 18.4 Å². The molecule has 92 valence electrons. The van der Waals surface area contributed by atoms with Crippen LogP contribution in [0.4, 0.5) is 0 Å². The topological polar surface area (TPSA) is 43.4 Å². The van der Waals surface area contributed by atoms with Crippen LogP contribution < -0.4 is 0 Å². The molecule has 0 aliphatic heterocycles. The average molecular weight is 234 g/mol. The van der Waals surface area contributed by atoms with Gasteiger partial charge in [0.1, 0.15) is 0 Å². The van der Waals surface area contributed by atoms with Gasteiger partial charge in [0.25, 0.3) is 0 Å². The number of ketones is 1. The monoisotopic (exact) mass is 234 g/mol. The van der Waals surface area contributed by atoms with Crippen molar-refractivity contribution in [3.63, 3.8) is 0 Å². The molecule has 1 unspecified atom stereocenters. The van der Waals surface area contributed by atoms with Crippen LogP contribution in [0.25, 0.3) is 0 Å². The van der Waals surface area contributed by atoms with Crippen molar-refractivity contribution in [3.05, 3.63) is 35.9 Å². The number of rotatable bonds is 6. The van der Waals surface area contributed by atoms with Crippen molar-refractivity contribution in [2.75, 3.05) is 6.61 Å². The van der Waals surface area contributed by atoms with Gasteiger partial charge in [0.2, 0.25) is 0 Å². The Morgan fingerprint density at radius 1 is 1.24 bits per heavy atom. The Kier molecular flexibility index (Phi) is 5.40. The zero-order valence-electron chi connectivity index (χ0n) is 10.3. The van der Waals surface area contributed by atoms with Crippen LogP contribution in [-0.2, 0) is 9.53 Å². The van der Waals surface area contributed by atoms with Gasteiger partial charge in [-0.3, -0.25) is 9.59 Å². The first-order valence-electron chi connectivity index (χ1n) is 5.81. The second-order valence-electron chi connectivity index (χ2n) is 4.23. The maximum absolute atomic E-state index is 11.8. The molecule has 1 atom stereocenters. The molecule has 3 nitrogen and oxygen atoms in total. The van der Waals surface area contributed by atoms with Gasteiger partial charge in [-0.2, -0.15) is 0 Å². The first-order valence-corrected chi connectivity index (χ1v) is 5.81. The van der Waals surface area contributed by atoms with Crippen LogP contribution in [0.3, 0.4) is 0 Å². The third-order valence-electron chi connectivity index (χ3n) is 2.55. The lowest BCUT2D eigenvalue weighted by atomic mass is 9.97. The summed E-state index contributed by atoms with van der Waals surface area (Å²) in [7, 11) is 0. The molecule has 0 amide bonds. The quantitative estimate of drug-likeness (QED) is 0.561. The average Bonchev–Trinajstić information content (AvgIpc) is 2.29. The molecular weight excluding hydrogens is 216 g/mol. The van der Waals surface area contributed by atoms with Crippen molar-refractivity contribution in [3.8, 4) is 0 Å². The Hall–Kier alpha value is -1.64. The summed E-state index contributed by atoms with van der Waals surface area (Å²) in [6, 6.07) is 9.25. The zero-order chi connectivity index (χ0) is 12.7. The predicted octanol–water partition coefficient (Wildman–Crippen LogP) is 2.85. The molecule has 0 N–H and O–H groups in total. The van der Waals surface area contributed by atoms with Gasteiger partial charge in [0, 0.05) is 18.9 Å². The summed E-state index contributed by atoms with van der Waals surface area (Å²) in [5, 5.41) is 0. The van der Waals surface area contributed by atoms with Gasteiger partial charge in [-0.05, 0) is 12.3 Å². The van der Waals surface area contributed by atoms with Crippen LogP contribution in [0.2, 0.25) is 0 Å². The Bertz CT molecular complexity index is 370. The molecule has 0 aromatic heterocycles. The molecular formula is C14H18O3. The minimum Gasteiger partial charge on any atom is -0.466 e. The molecule has 0 aliphatic carbocycles. The Labute approximate surface area is 102 Å². The summed E-state index contributed by atoms with van der Waals surface area (Å²) in [5.41, 5.74) is 0.742. The van der Waals surface area contributed by atoms with Crippen LogP contribution in [0.1, 0.15) is 37.0 Å². The largest absolute Gasteiger partial charge is 0.466 e. The molecule has 0 spiro atoms. The van der Waals surface area contributed by atoms with Gasteiger partial charge < -0.3 is 4.74 Å². The molecule has 0 heterocycles. The maximum Gasteiger partial charge on any atom is 0.302 e. The van der Waals surface area contributed by atoms with Gasteiger partial charge in [0.15, 0.2) is 5.78 Å². The van der Waals surface area contributed by atoms with E-state index >= 15 is 0 Å². The van der Waals surface area contributed by atoms with E-state index in [-0.39, 0.29) is 17.7 Å². The van der Waals surface area contributed by atoms with E-state index in [2.05, 4.69) is 0 Å². The molecule has 0 aliphatic rings. The van der Waals surface area contributed by atoms with Crippen LogP contribution in [0.5, 0.6) is 0 Å². The summed E-state index contributed by atoms with van der Waals surface area (Å²) in [5.74, 6) is 0.0922. The number of hydrogen-bond donors (Lipinski definition) is 0. The lowest BCUT2D eigenvalue weighted by Gasteiger charge is -2.10. The zero-order valence-corrected chi connectivity index (χ0v) is 10.3. The first-order chi connectivity index (χ1) is 8.09. The Balaban J connectivity index is 2.34. The van der Waals surface area contributed by atoms with Gasteiger partial charge in [-0.15, -0.1) is 0 Å². The smallest absolute Gasteiger partial charge is 0.302 e. The molecule has 17 heavy (non-hydrogen) atoms. The summed E-state index contributed by atoms with van der Waals surface area (Å²) in [4.78, 5) is 22.4. The summed E-state index contributed by atoms with van der Waals surface area (Å²) < 4.78 is 4.85. The van der Waals surface area contributed by atoms with E-state index < -0.39 is 0 Å². The van der Waals surface area contributed by atoms with Crippen molar-refractivity contribution in [1.29, 1.82) is 0 Å². The van der Waals surface area contributed by atoms with E-state index in [1.165, 1.54) is 6.92 Å². The number of esters is 1. The second-order valence-corrected chi connectivity index (χ2v) is 4.23. The SMILES string of the molecule is CC(=O)OCCC(C)CC(=O)c1ccccc1. The van der Waals surface area contributed by atoms with Crippen molar-refractivity contribution in [1.82, 2.24) is 0 Å². The molecule has 0 saturated heterocycles. The first kappa shape index (κ1) is 13.4. The predicted molar refractivity (Wildman–Crippen MR) is 65.8 cm³/mol. The highest BCUT2D eigenvalue weighted by atomic mass is 16.5. The molecule has 0 fully saturated rings.